The second-order valence-electron chi connectivity index (χ2n) is 11.1. The van der Waals surface area contributed by atoms with E-state index in [1.807, 2.05) is 49.6 Å². The van der Waals surface area contributed by atoms with Gasteiger partial charge in [-0.05, 0) is 49.4 Å². The number of hydrogen-bond acceptors (Lipinski definition) is 6. The predicted octanol–water partition coefficient (Wildman–Crippen LogP) is 7.04. The number of carbonyl (C=O) groups is 2. The maximum absolute atomic E-state index is 11.9. The molecule has 0 aliphatic rings. The summed E-state index contributed by atoms with van der Waals surface area (Å²) < 4.78 is 23.5. The minimum absolute atomic E-state index is 0.0502. The molecule has 0 heterocycles. The Kier molecular flexibility index (Phi) is 16.0. The van der Waals surface area contributed by atoms with E-state index in [-0.39, 0.29) is 23.2 Å². The van der Waals surface area contributed by atoms with Crippen LogP contribution < -0.4 is 0 Å². The molecule has 3 radical (unpaired) electrons. The van der Waals surface area contributed by atoms with Gasteiger partial charge in [0.1, 0.15) is 12.2 Å². The molecule has 37 heavy (non-hydrogen) atoms. The van der Waals surface area contributed by atoms with Gasteiger partial charge in [-0.15, -0.1) is 0 Å². The second kappa shape index (κ2) is 17.7. The molecular formula is C30H49O6Si. The molecule has 0 aliphatic carbocycles. The Morgan fingerprint density at radius 3 is 2.30 bits per heavy atom. The molecule has 0 amide bonds. The number of carbonyl (C=O) groups excluding carboxylic acids is 2. The summed E-state index contributed by atoms with van der Waals surface area (Å²) in [5.74, 6) is -0.343. The summed E-state index contributed by atoms with van der Waals surface area (Å²) in [5.41, 5.74) is 1.13. The van der Waals surface area contributed by atoms with Gasteiger partial charge in [0.2, 0.25) is 0 Å². The Morgan fingerprint density at radius 1 is 1.03 bits per heavy atom. The van der Waals surface area contributed by atoms with Crippen molar-refractivity contribution in [1.82, 2.24) is 0 Å². The molecule has 0 saturated heterocycles. The van der Waals surface area contributed by atoms with Crippen LogP contribution in [-0.2, 0) is 34.8 Å². The highest BCUT2D eigenvalue weighted by Crippen LogP contribution is 2.38. The van der Waals surface area contributed by atoms with Crippen LogP contribution in [0.4, 0.5) is 0 Å². The fourth-order valence-electron chi connectivity index (χ4n) is 3.62. The average molecular weight is 534 g/mol. The molecule has 0 bridgehead atoms. The zero-order valence-corrected chi connectivity index (χ0v) is 25.0. The quantitative estimate of drug-likeness (QED) is 0.0775. The van der Waals surface area contributed by atoms with Crippen molar-refractivity contribution < 1.29 is 28.2 Å². The Labute approximate surface area is 226 Å². The van der Waals surface area contributed by atoms with Crippen molar-refractivity contribution in [1.29, 1.82) is 0 Å². The van der Waals surface area contributed by atoms with Gasteiger partial charge in [0.05, 0.1) is 12.7 Å². The van der Waals surface area contributed by atoms with Crippen LogP contribution in [0.5, 0.6) is 0 Å². The first-order valence-electron chi connectivity index (χ1n) is 13.6. The lowest BCUT2D eigenvalue weighted by molar-refractivity contribution is -0.145. The molecule has 0 aliphatic heterocycles. The number of rotatable bonds is 20. The van der Waals surface area contributed by atoms with E-state index in [4.69, 9.17) is 18.6 Å². The van der Waals surface area contributed by atoms with Crippen LogP contribution in [0.15, 0.2) is 30.3 Å². The third-order valence-corrected chi connectivity index (χ3v) is 11.3. The van der Waals surface area contributed by atoms with E-state index in [0.29, 0.717) is 32.5 Å². The van der Waals surface area contributed by atoms with Crippen LogP contribution in [-0.4, -0.2) is 45.7 Å². The Bertz CT molecular complexity index is 746. The van der Waals surface area contributed by atoms with Crippen LogP contribution in [0.25, 0.3) is 0 Å². The molecule has 0 fully saturated rings. The van der Waals surface area contributed by atoms with Crippen LogP contribution >= 0.6 is 0 Å². The lowest BCUT2D eigenvalue weighted by Gasteiger charge is -2.40. The summed E-state index contributed by atoms with van der Waals surface area (Å²) in [4.78, 5) is 22.8. The molecule has 6 nitrogen and oxygen atoms in total. The number of hydrogen-bond donors (Lipinski definition) is 0. The Hall–Kier alpha value is -1.70. The van der Waals surface area contributed by atoms with E-state index in [0.717, 1.165) is 31.2 Å². The summed E-state index contributed by atoms with van der Waals surface area (Å²) in [6.07, 6.45) is 9.84. The number of benzene rings is 1. The zero-order valence-electron chi connectivity index (χ0n) is 24.0. The molecule has 1 aromatic rings. The van der Waals surface area contributed by atoms with E-state index in [2.05, 4.69) is 40.8 Å². The number of esters is 1. The minimum atomic E-state index is -2.06. The van der Waals surface area contributed by atoms with Crippen molar-refractivity contribution in [2.24, 2.45) is 0 Å². The van der Waals surface area contributed by atoms with Gasteiger partial charge >= 0.3 is 5.97 Å². The highest BCUT2D eigenvalue weighted by molar-refractivity contribution is 6.74. The summed E-state index contributed by atoms with van der Waals surface area (Å²) in [7, 11) is -2.06. The maximum Gasteiger partial charge on any atom is 0.302 e. The van der Waals surface area contributed by atoms with Crippen LogP contribution in [0.2, 0.25) is 18.1 Å². The normalized spacial score (nSPS) is 14.6. The second-order valence-corrected chi connectivity index (χ2v) is 15.8. The van der Waals surface area contributed by atoms with Gasteiger partial charge in [-0.1, -0.05) is 70.9 Å². The fourth-order valence-corrected chi connectivity index (χ4v) is 5.03. The van der Waals surface area contributed by atoms with Crippen molar-refractivity contribution in [2.75, 3.05) is 6.61 Å². The Morgan fingerprint density at radius 2 is 1.70 bits per heavy atom. The summed E-state index contributed by atoms with van der Waals surface area (Å²) in [5, 5.41) is 0.0502. The first-order valence-corrected chi connectivity index (χ1v) is 16.5. The van der Waals surface area contributed by atoms with Gasteiger partial charge in [-0.25, -0.2) is 0 Å². The monoisotopic (exact) mass is 533 g/mol. The van der Waals surface area contributed by atoms with Gasteiger partial charge in [-0.2, -0.15) is 0 Å². The van der Waals surface area contributed by atoms with Crippen LogP contribution in [0.1, 0.15) is 78.7 Å². The van der Waals surface area contributed by atoms with Crippen molar-refractivity contribution in [2.45, 2.75) is 116 Å². The lowest BCUT2D eigenvalue weighted by atomic mass is 10.00. The van der Waals surface area contributed by atoms with Crippen LogP contribution in [0.3, 0.4) is 0 Å². The van der Waals surface area contributed by atoms with Crippen molar-refractivity contribution >= 4 is 20.8 Å². The van der Waals surface area contributed by atoms with E-state index in [9.17, 15) is 9.59 Å². The summed E-state index contributed by atoms with van der Waals surface area (Å²) >= 11 is 0. The molecule has 0 unspecified atom stereocenters. The zero-order chi connectivity index (χ0) is 27.7. The van der Waals surface area contributed by atoms with Crippen molar-refractivity contribution in [3.8, 4) is 0 Å². The number of unbranched alkanes of at least 4 members (excludes halogenated alkanes) is 2. The van der Waals surface area contributed by atoms with Gasteiger partial charge in [0.15, 0.2) is 8.32 Å². The Balaban J connectivity index is 2.79. The van der Waals surface area contributed by atoms with Crippen LogP contribution in [0, 0.1) is 19.3 Å². The summed E-state index contributed by atoms with van der Waals surface area (Å²) in [6.45, 7) is 16.2. The largest absolute Gasteiger partial charge is 0.464 e. The molecule has 0 spiro atoms. The molecule has 0 saturated carbocycles. The number of ether oxygens (including phenoxy) is 3. The maximum atomic E-state index is 11.9. The topological polar surface area (TPSA) is 71.1 Å². The summed E-state index contributed by atoms with van der Waals surface area (Å²) in [6, 6.07) is 10.1. The smallest absolute Gasteiger partial charge is 0.302 e. The van der Waals surface area contributed by atoms with E-state index >= 15 is 0 Å². The minimum Gasteiger partial charge on any atom is -0.464 e. The highest BCUT2D eigenvalue weighted by atomic mass is 28.4. The van der Waals surface area contributed by atoms with E-state index in [1.54, 1.807) is 0 Å². The molecule has 3 atom stereocenters. The third kappa shape index (κ3) is 14.7. The molecule has 209 valence electrons. The van der Waals surface area contributed by atoms with Gasteiger partial charge in [0.25, 0.3) is 6.47 Å². The van der Waals surface area contributed by atoms with E-state index < -0.39 is 14.4 Å². The molecule has 1 aromatic carbocycles. The van der Waals surface area contributed by atoms with Gasteiger partial charge in [-0.3, -0.25) is 9.59 Å². The predicted molar refractivity (Wildman–Crippen MR) is 151 cm³/mol. The van der Waals surface area contributed by atoms with Gasteiger partial charge < -0.3 is 18.6 Å². The first kappa shape index (κ1) is 33.3. The molecular weight excluding hydrogens is 484 g/mol. The first-order chi connectivity index (χ1) is 17.5. The van der Waals surface area contributed by atoms with E-state index in [1.165, 1.54) is 6.92 Å². The SMILES string of the molecule is CCCCC[C@H]([CH][CH][CH][C@H](C[C@H](CCOCc1ccccc1)O[Si](C)(C)C(C)(C)C)OC(C)=O)OC=O. The molecule has 0 aromatic heterocycles. The average Bonchev–Trinajstić information content (AvgIpc) is 2.81. The van der Waals surface area contributed by atoms with Crippen molar-refractivity contribution in [3.05, 3.63) is 55.2 Å². The molecule has 0 N–H and O–H groups in total. The highest BCUT2D eigenvalue weighted by Gasteiger charge is 2.39. The lowest BCUT2D eigenvalue weighted by Crippen LogP contribution is -2.45. The molecule has 7 heteroatoms. The fraction of sp³-hybridized carbons (Fsp3) is 0.633. The standard InChI is InChI=1S/C30H49O6Si/c1-8-9-11-17-27(34-24-31)18-14-19-28(35-25(2)32)22-29(36-37(6,7)30(3,4)5)20-21-33-23-26-15-12-10-13-16-26/h10,12-16,18-19,24,27-29H,8-9,11,17,20-23H2,1-7H3/t27-,28-,29+/m1/s1. The van der Waals surface area contributed by atoms with Gasteiger partial charge in [0, 0.05) is 32.8 Å². The third-order valence-electron chi connectivity index (χ3n) is 6.75. The molecule has 1 rings (SSSR count). The van der Waals surface area contributed by atoms with Crippen molar-refractivity contribution in [3.63, 3.8) is 0 Å².